The van der Waals surface area contributed by atoms with Gasteiger partial charge in [-0.3, -0.25) is 14.4 Å². The van der Waals surface area contributed by atoms with Gasteiger partial charge in [-0.05, 0) is 38.3 Å². The summed E-state index contributed by atoms with van der Waals surface area (Å²) < 4.78 is 37.0. The van der Waals surface area contributed by atoms with Gasteiger partial charge in [0.15, 0.2) is 11.6 Å². The van der Waals surface area contributed by atoms with E-state index in [9.17, 15) is 27.6 Å². The second-order valence-electron chi connectivity index (χ2n) is 8.19. The summed E-state index contributed by atoms with van der Waals surface area (Å²) in [7, 11) is 0. The highest BCUT2D eigenvalue weighted by atomic mass is 19.4. The number of nitrogens with one attached hydrogen (secondary N) is 2. The predicted molar refractivity (Wildman–Crippen MR) is 123 cm³/mol. The molecule has 4 rings (SSSR count). The molecule has 0 spiro atoms. The summed E-state index contributed by atoms with van der Waals surface area (Å²) in [5.74, 6) is -3.18. The number of unbranched alkanes of at least 4 members (excludes halogenated alkanes) is 1. The van der Waals surface area contributed by atoms with Crippen LogP contribution in [0.1, 0.15) is 57.5 Å². The summed E-state index contributed by atoms with van der Waals surface area (Å²) >= 11 is 0. The number of rotatable bonds is 7. The number of hydrogen-bond donors (Lipinski definition) is 3. The molecule has 8 nitrogen and oxygen atoms in total. The Balaban J connectivity index is 0.000000454. The number of alkyl halides is 3. The zero-order valence-electron chi connectivity index (χ0n) is 19.2. The number of carboxylic acids is 1. The molecule has 11 heteroatoms. The van der Waals surface area contributed by atoms with E-state index in [4.69, 9.17) is 14.6 Å². The first-order chi connectivity index (χ1) is 17.1. The molecule has 2 aromatic rings. The van der Waals surface area contributed by atoms with Crippen LogP contribution in [-0.4, -0.2) is 60.5 Å². The van der Waals surface area contributed by atoms with Crippen molar-refractivity contribution in [3.63, 3.8) is 0 Å². The van der Waals surface area contributed by atoms with Gasteiger partial charge in [0.2, 0.25) is 0 Å². The first-order valence-electron chi connectivity index (χ1n) is 11.4. The Bertz CT molecular complexity index is 1140. The van der Waals surface area contributed by atoms with Crippen LogP contribution in [0.5, 0.6) is 0 Å². The van der Waals surface area contributed by atoms with Crippen molar-refractivity contribution in [2.75, 3.05) is 25.0 Å². The van der Waals surface area contributed by atoms with E-state index in [0.29, 0.717) is 41.1 Å². The Morgan fingerprint density at radius 1 is 1.00 bits per heavy atom. The van der Waals surface area contributed by atoms with Crippen molar-refractivity contribution in [3.05, 3.63) is 64.7 Å². The zero-order chi connectivity index (χ0) is 26.3. The summed E-state index contributed by atoms with van der Waals surface area (Å²) in [4.78, 5) is 46.5. The summed E-state index contributed by atoms with van der Waals surface area (Å²) in [6.45, 7) is 1.88. The molecule has 1 aliphatic carbocycles. The first-order valence-corrected chi connectivity index (χ1v) is 11.4. The van der Waals surface area contributed by atoms with Crippen LogP contribution in [0, 0.1) is 0 Å². The number of aliphatic carboxylic acids is 1. The third-order valence-electron chi connectivity index (χ3n) is 5.67. The van der Waals surface area contributed by atoms with Crippen LogP contribution in [0.2, 0.25) is 0 Å². The van der Waals surface area contributed by atoms with Crippen LogP contribution >= 0.6 is 0 Å². The molecule has 36 heavy (non-hydrogen) atoms. The molecule has 0 saturated carbocycles. The molecule has 0 bridgehead atoms. The van der Waals surface area contributed by atoms with E-state index < -0.39 is 12.1 Å². The molecule has 2 aliphatic rings. The van der Waals surface area contributed by atoms with Crippen LogP contribution in [0.3, 0.4) is 0 Å². The smallest absolute Gasteiger partial charge is 0.475 e. The lowest BCUT2D eigenvalue weighted by atomic mass is 9.83. The highest BCUT2D eigenvalue weighted by Crippen LogP contribution is 2.31. The molecule has 1 saturated heterocycles. The van der Waals surface area contributed by atoms with E-state index in [0.717, 1.165) is 32.2 Å². The lowest BCUT2D eigenvalue weighted by molar-refractivity contribution is -0.192. The molecule has 1 fully saturated rings. The first kappa shape index (κ1) is 26.9. The van der Waals surface area contributed by atoms with Crippen LogP contribution in [0.25, 0.3) is 0 Å². The molecule has 1 atom stereocenters. The van der Waals surface area contributed by atoms with Crippen molar-refractivity contribution in [2.24, 2.45) is 0 Å². The molecule has 0 radical (unpaired) electrons. The van der Waals surface area contributed by atoms with Crippen LogP contribution in [0.4, 0.5) is 18.9 Å². The predicted octanol–water partition coefficient (Wildman–Crippen LogP) is 3.58. The average Bonchev–Trinajstić information content (AvgIpc) is 3.39. The van der Waals surface area contributed by atoms with Gasteiger partial charge in [0.1, 0.15) is 6.04 Å². The largest absolute Gasteiger partial charge is 0.490 e. The fraction of sp³-hybridized carbons (Fsp3) is 0.360. The third-order valence-corrected chi connectivity index (χ3v) is 5.67. The topological polar surface area (TPSA) is 122 Å². The molecular weight excluding hydrogens is 481 g/mol. The van der Waals surface area contributed by atoms with E-state index in [-0.39, 0.29) is 23.6 Å². The number of anilines is 1. The number of ketones is 2. The fourth-order valence-corrected chi connectivity index (χ4v) is 3.90. The fourth-order valence-electron chi connectivity index (χ4n) is 3.90. The zero-order valence-corrected chi connectivity index (χ0v) is 19.2. The molecule has 192 valence electrons. The number of esters is 1. The molecule has 0 unspecified atom stereocenters. The number of ether oxygens (including phenoxy) is 1. The lowest BCUT2D eigenvalue weighted by Gasteiger charge is -2.20. The lowest BCUT2D eigenvalue weighted by Crippen LogP contribution is -2.32. The number of halogens is 3. The SMILES string of the molecule is O=C(O)C(F)(F)F.O=C1c2ccccc2C(=O)c2c(NCCCCOC(=O)[C@H]3CCCN3)cccc21. The van der Waals surface area contributed by atoms with Gasteiger partial charge in [0.25, 0.3) is 0 Å². The van der Waals surface area contributed by atoms with Gasteiger partial charge in [-0.25, -0.2) is 4.79 Å². The summed E-state index contributed by atoms with van der Waals surface area (Å²) in [5, 5.41) is 13.5. The number of fused-ring (bicyclic) bond motifs is 2. The van der Waals surface area contributed by atoms with Crippen LogP contribution < -0.4 is 10.6 Å². The summed E-state index contributed by atoms with van der Waals surface area (Å²) in [6.07, 6.45) is -1.71. The minimum absolute atomic E-state index is 0.119. The second-order valence-corrected chi connectivity index (χ2v) is 8.19. The Kier molecular flexibility index (Phi) is 8.81. The molecule has 0 aromatic heterocycles. The van der Waals surface area contributed by atoms with E-state index in [1.807, 2.05) is 6.07 Å². The van der Waals surface area contributed by atoms with Crippen LogP contribution in [-0.2, 0) is 14.3 Å². The molecular formula is C25H25F3N2O6. The molecule has 1 aliphatic heterocycles. The number of hydrogen-bond acceptors (Lipinski definition) is 7. The van der Waals surface area contributed by atoms with E-state index in [1.54, 1.807) is 36.4 Å². The minimum Gasteiger partial charge on any atom is -0.475 e. The summed E-state index contributed by atoms with van der Waals surface area (Å²) in [5.41, 5.74) is 2.46. The van der Waals surface area contributed by atoms with Gasteiger partial charge >= 0.3 is 18.1 Å². The Morgan fingerprint density at radius 2 is 1.64 bits per heavy atom. The van der Waals surface area contributed by atoms with Gasteiger partial charge in [0.05, 0.1) is 12.2 Å². The number of carbonyl (C=O) groups is 4. The van der Waals surface area contributed by atoms with Crippen molar-refractivity contribution in [2.45, 2.75) is 37.9 Å². The highest BCUT2D eigenvalue weighted by molar-refractivity contribution is 6.30. The average molecular weight is 506 g/mol. The molecule has 0 amide bonds. The Hall–Kier alpha value is -3.73. The van der Waals surface area contributed by atoms with E-state index in [2.05, 4.69) is 10.6 Å². The normalized spacial score (nSPS) is 16.4. The van der Waals surface area contributed by atoms with Crippen molar-refractivity contribution >= 4 is 29.2 Å². The quantitative estimate of drug-likeness (QED) is 0.328. The maximum absolute atomic E-state index is 13.0. The van der Waals surface area contributed by atoms with Gasteiger partial charge in [0, 0.05) is 28.9 Å². The van der Waals surface area contributed by atoms with Crippen molar-refractivity contribution in [1.82, 2.24) is 5.32 Å². The molecule has 1 heterocycles. The maximum Gasteiger partial charge on any atom is 0.490 e. The molecule has 2 aromatic carbocycles. The van der Waals surface area contributed by atoms with Gasteiger partial charge < -0.3 is 20.5 Å². The van der Waals surface area contributed by atoms with E-state index in [1.165, 1.54) is 0 Å². The van der Waals surface area contributed by atoms with Gasteiger partial charge in [-0.1, -0.05) is 36.4 Å². The van der Waals surface area contributed by atoms with Crippen molar-refractivity contribution in [1.29, 1.82) is 0 Å². The summed E-state index contributed by atoms with van der Waals surface area (Å²) in [6, 6.07) is 12.1. The van der Waals surface area contributed by atoms with Gasteiger partial charge in [-0.15, -0.1) is 0 Å². The van der Waals surface area contributed by atoms with Gasteiger partial charge in [-0.2, -0.15) is 13.2 Å². The number of benzene rings is 2. The second kappa shape index (κ2) is 11.8. The maximum atomic E-state index is 13.0. The van der Waals surface area contributed by atoms with Crippen LogP contribution in [0.15, 0.2) is 42.5 Å². The standard InChI is InChI=1S/C23H24N2O4.C2HF3O2/c26-21-15-7-1-2-8-16(15)22(27)20-17(21)9-5-10-18(20)24-12-3-4-14-29-23(28)19-11-6-13-25-19;3-2(4,5)1(6)7/h1-2,5,7-10,19,24-25H,3-4,6,11-14H2;(H,6,7)/t19-;/m1./s1. The van der Waals surface area contributed by atoms with Crippen molar-refractivity contribution in [3.8, 4) is 0 Å². The Labute approximate surface area is 204 Å². The monoisotopic (exact) mass is 506 g/mol. The highest BCUT2D eigenvalue weighted by Gasteiger charge is 2.38. The number of carboxylic acid groups (broad SMARTS) is 1. The Morgan fingerprint density at radius 3 is 2.25 bits per heavy atom. The third kappa shape index (κ3) is 6.48. The number of carbonyl (C=O) groups excluding carboxylic acids is 3. The van der Waals surface area contributed by atoms with Crippen molar-refractivity contribution < 1.29 is 42.2 Å². The molecule has 3 N–H and O–H groups in total. The minimum atomic E-state index is -5.08. The van der Waals surface area contributed by atoms with E-state index >= 15 is 0 Å².